The third kappa shape index (κ3) is 4.16. The largest absolute Gasteiger partial charge is 0.467 e. The fourth-order valence-electron chi connectivity index (χ4n) is 3.49. The number of carbonyl (C=O) groups is 1. The van der Waals surface area contributed by atoms with Crippen molar-refractivity contribution in [2.45, 2.75) is 26.8 Å². The van der Waals surface area contributed by atoms with Crippen LogP contribution in [0, 0.1) is 13.8 Å². The number of aromatic nitrogens is 3. The van der Waals surface area contributed by atoms with Gasteiger partial charge in [0.05, 0.1) is 24.1 Å². The van der Waals surface area contributed by atoms with Gasteiger partial charge in [0.15, 0.2) is 0 Å². The normalized spacial score (nSPS) is 11.0. The van der Waals surface area contributed by atoms with Gasteiger partial charge >= 0.3 is 0 Å². The third-order valence-corrected chi connectivity index (χ3v) is 5.12. The van der Waals surface area contributed by atoms with Crippen LogP contribution >= 0.6 is 0 Å². The van der Waals surface area contributed by atoms with Gasteiger partial charge in [-0.05, 0) is 62.2 Å². The molecule has 0 saturated heterocycles. The van der Waals surface area contributed by atoms with Crippen molar-refractivity contribution < 1.29 is 9.21 Å². The lowest BCUT2D eigenvalue weighted by molar-refractivity contribution is 0.0953. The second-order valence-corrected chi connectivity index (χ2v) is 7.07. The molecule has 6 nitrogen and oxygen atoms in total. The van der Waals surface area contributed by atoms with Crippen LogP contribution in [0.4, 0.5) is 0 Å². The Balaban J connectivity index is 1.35. The standard InChI is InChI=1S/C23H24N4O2/c1-17-15-22(18(2)26(17)16-21-5-3-14-29-21)23(28)24-12-10-19-6-8-20(9-7-19)27-13-4-11-25-27/h3-9,11,13-15H,10,12,16H2,1-2H3,(H,24,28). The maximum Gasteiger partial charge on any atom is 0.253 e. The first kappa shape index (κ1) is 18.8. The summed E-state index contributed by atoms with van der Waals surface area (Å²) >= 11 is 0. The Morgan fingerprint density at radius 1 is 1.14 bits per heavy atom. The molecule has 3 heterocycles. The van der Waals surface area contributed by atoms with Gasteiger partial charge in [-0.15, -0.1) is 0 Å². The quantitative estimate of drug-likeness (QED) is 0.522. The number of nitrogens with one attached hydrogen (secondary N) is 1. The van der Waals surface area contributed by atoms with Crippen molar-refractivity contribution in [3.05, 3.63) is 95.5 Å². The Hall–Kier alpha value is -3.54. The van der Waals surface area contributed by atoms with Crippen molar-refractivity contribution in [1.29, 1.82) is 0 Å². The van der Waals surface area contributed by atoms with E-state index >= 15 is 0 Å². The van der Waals surface area contributed by atoms with E-state index in [0.717, 1.165) is 29.3 Å². The molecular weight excluding hydrogens is 364 g/mol. The van der Waals surface area contributed by atoms with E-state index in [2.05, 4.69) is 27.1 Å². The predicted molar refractivity (Wildman–Crippen MR) is 111 cm³/mol. The van der Waals surface area contributed by atoms with E-state index < -0.39 is 0 Å². The lowest BCUT2D eigenvalue weighted by Gasteiger charge is -2.09. The number of hydrogen-bond donors (Lipinski definition) is 1. The first-order valence-corrected chi connectivity index (χ1v) is 9.68. The number of benzene rings is 1. The number of aryl methyl sites for hydroxylation is 1. The zero-order chi connectivity index (χ0) is 20.2. The molecule has 0 fully saturated rings. The highest BCUT2D eigenvalue weighted by Gasteiger charge is 2.16. The summed E-state index contributed by atoms with van der Waals surface area (Å²) in [4.78, 5) is 12.7. The molecule has 0 unspecified atom stereocenters. The molecule has 1 amide bonds. The molecule has 0 saturated carbocycles. The molecular formula is C23H24N4O2. The second-order valence-electron chi connectivity index (χ2n) is 7.07. The average molecular weight is 388 g/mol. The van der Waals surface area contributed by atoms with Gasteiger partial charge in [-0.2, -0.15) is 5.10 Å². The molecule has 0 atom stereocenters. The van der Waals surface area contributed by atoms with Gasteiger partial charge in [-0.25, -0.2) is 4.68 Å². The minimum absolute atomic E-state index is 0.0445. The van der Waals surface area contributed by atoms with Crippen LogP contribution < -0.4 is 5.32 Å². The molecule has 4 rings (SSSR count). The van der Waals surface area contributed by atoms with Crippen LogP contribution in [0.15, 0.2) is 71.6 Å². The van der Waals surface area contributed by atoms with Gasteiger partial charge in [-0.1, -0.05) is 12.1 Å². The van der Waals surface area contributed by atoms with Gasteiger partial charge in [-0.3, -0.25) is 4.79 Å². The summed E-state index contributed by atoms with van der Waals surface area (Å²) in [7, 11) is 0. The second kappa shape index (κ2) is 8.22. The molecule has 1 aromatic carbocycles. The van der Waals surface area contributed by atoms with Gasteiger partial charge in [0.25, 0.3) is 5.91 Å². The van der Waals surface area contributed by atoms with Gasteiger partial charge in [0, 0.05) is 30.3 Å². The minimum Gasteiger partial charge on any atom is -0.467 e. The number of furan rings is 1. The Morgan fingerprint density at radius 2 is 1.97 bits per heavy atom. The van der Waals surface area contributed by atoms with E-state index in [-0.39, 0.29) is 5.91 Å². The van der Waals surface area contributed by atoms with Gasteiger partial charge in [0.1, 0.15) is 5.76 Å². The highest BCUT2D eigenvalue weighted by molar-refractivity contribution is 5.95. The molecule has 0 aliphatic heterocycles. The SMILES string of the molecule is Cc1cc(C(=O)NCCc2ccc(-n3cccn3)cc2)c(C)n1Cc1ccco1. The predicted octanol–water partition coefficient (Wildman–Crippen LogP) is 3.90. The summed E-state index contributed by atoms with van der Waals surface area (Å²) in [6.45, 7) is 5.19. The zero-order valence-electron chi connectivity index (χ0n) is 16.6. The molecule has 3 aromatic heterocycles. The monoisotopic (exact) mass is 388 g/mol. The fourth-order valence-corrected chi connectivity index (χ4v) is 3.49. The van der Waals surface area contributed by atoms with Crippen LogP contribution in [0.2, 0.25) is 0 Å². The summed E-state index contributed by atoms with van der Waals surface area (Å²) in [5.74, 6) is 0.828. The van der Waals surface area contributed by atoms with Crippen LogP contribution in [0.5, 0.6) is 0 Å². The maximum absolute atomic E-state index is 12.7. The van der Waals surface area contributed by atoms with Crippen molar-refractivity contribution in [2.75, 3.05) is 6.54 Å². The van der Waals surface area contributed by atoms with E-state index in [9.17, 15) is 4.79 Å². The average Bonchev–Trinajstić information content (AvgIpc) is 3.48. The fraction of sp³-hybridized carbons (Fsp3) is 0.217. The van der Waals surface area contributed by atoms with Crippen LogP contribution in [-0.2, 0) is 13.0 Å². The smallest absolute Gasteiger partial charge is 0.253 e. The minimum atomic E-state index is -0.0445. The Morgan fingerprint density at radius 3 is 2.66 bits per heavy atom. The van der Waals surface area contributed by atoms with Crippen LogP contribution in [0.1, 0.15) is 33.1 Å². The number of amides is 1. The molecule has 148 valence electrons. The number of nitrogens with zero attached hydrogens (tertiary/aromatic N) is 3. The van der Waals surface area contributed by atoms with Crippen LogP contribution in [-0.4, -0.2) is 26.8 Å². The van der Waals surface area contributed by atoms with E-state index in [1.807, 2.05) is 61.1 Å². The molecule has 0 aliphatic rings. The first-order valence-electron chi connectivity index (χ1n) is 9.68. The summed E-state index contributed by atoms with van der Waals surface area (Å²) in [6.07, 6.45) is 6.11. The van der Waals surface area contributed by atoms with Crippen molar-refractivity contribution in [2.24, 2.45) is 0 Å². The molecule has 0 aliphatic carbocycles. The maximum atomic E-state index is 12.7. The number of carbonyl (C=O) groups excluding carboxylic acids is 1. The van der Waals surface area contributed by atoms with Crippen LogP contribution in [0.3, 0.4) is 0 Å². The Bertz CT molecular complexity index is 1080. The lowest BCUT2D eigenvalue weighted by Crippen LogP contribution is -2.26. The van der Waals surface area contributed by atoms with E-state index in [4.69, 9.17) is 4.42 Å². The lowest BCUT2D eigenvalue weighted by atomic mass is 10.1. The highest BCUT2D eigenvalue weighted by Crippen LogP contribution is 2.17. The van der Waals surface area contributed by atoms with Crippen molar-refractivity contribution >= 4 is 5.91 Å². The first-order chi connectivity index (χ1) is 14.1. The Labute approximate surface area is 169 Å². The third-order valence-electron chi connectivity index (χ3n) is 5.12. The van der Waals surface area contributed by atoms with Crippen LogP contribution in [0.25, 0.3) is 5.69 Å². The van der Waals surface area contributed by atoms with E-state index in [0.29, 0.717) is 18.7 Å². The molecule has 6 heteroatoms. The topological polar surface area (TPSA) is 65.0 Å². The van der Waals surface area contributed by atoms with Crippen molar-refractivity contribution in [3.8, 4) is 5.69 Å². The van der Waals surface area contributed by atoms with E-state index in [1.165, 1.54) is 5.56 Å². The molecule has 4 aromatic rings. The Kier molecular flexibility index (Phi) is 5.33. The zero-order valence-corrected chi connectivity index (χ0v) is 16.6. The van der Waals surface area contributed by atoms with E-state index in [1.54, 1.807) is 12.5 Å². The highest BCUT2D eigenvalue weighted by atomic mass is 16.3. The van der Waals surface area contributed by atoms with Crippen molar-refractivity contribution in [1.82, 2.24) is 19.7 Å². The van der Waals surface area contributed by atoms with Crippen molar-refractivity contribution in [3.63, 3.8) is 0 Å². The summed E-state index contributed by atoms with van der Waals surface area (Å²) in [5.41, 5.74) is 4.89. The molecule has 0 radical (unpaired) electrons. The van der Waals surface area contributed by atoms with Gasteiger partial charge in [0.2, 0.25) is 0 Å². The summed E-state index contributed by atoms with van der Waals surface area (Å²) < 4.78 is 9.36. The summed E-state index contributed by atoms with van der Waals surface area (Å²) in [5, 5.41) is 7.26. The molecule has 29 heavy (non-hydrogen) atoms. The molecule has 0 bridgehead atoms. The molecule has 1 N–H and O–H groups in total. The molecule has 0 spiro atoms. The number of hydrogen-bond acceptors (Lipinski definition) is 3. The number of rotatable bonds is 7. The summed E-state index contributed by atoms with van der Waals surface area (Å²) in [6, 6.07) is 15.9. The van der Waals surface area contributed by atoms with Gasteiger partial charge < -0.3 is 14.3 Å².